The average Bonchev–Trinajstić information content (AvgIpc) is 2.41. The molecule has 2 aromatic rings. The van der Waals surface area contributed by atoms with E-state index in [-0.39, 0.29) is 0 Å². The number of halogens is 1. The van der Waals surface area contributed by atoms with Crippen LogP contribution < -0.4 is 10.1 Å². The molecule has 0 saturated heterocycles. The van der Waals surface area contributed by atoms with Crippen LogP contribution in [-0.2, 0) is 11.3 Å². The lowest BCUT2D eigenvalue weighted by Gasteiger charge is -2.08. The molecule has 1 aromatic heterocycles. The lowest BCUT2D eigenvalue weighted by molar-refractivity contribution is 0.177. The molecule has 0 saturated carbocycles. The summed E-state index contributed by atoms with van der Waals surface area (Å²) in [6, 6.07) is 8.78. The summed E-state index contributed by atoms with van der Waals surface area (Å²) in [6.07, 6.45) is 0. The third kappa shape index (κ3) is 3.81. The van der Waals surface area contributed by atoms with Crippen LogP contribution in [0.5, 0.6) is 11.6 Å². The van der Waals surface area contributed by atoms with E-state index in [0.717, 1.165) is 0 Å². The fourth-order valence-corrected chi connectivity index (χ4v) is 1.60. The number of methoxy groups -OCH3 is 1. The van der Waals surface area contributed by atoms with Gasteiger partial charge in [0.1, 0.15) is 18.2 Å². The summed E-state index contributed by atoms with van der Waals surface area (Å²) in [4.78, 5) is 8.51. The highest BCUT2D eigenvalue weighted by molar-refractivity contribution is 6.30. The Kier molecular flexibility index (Phi) is 4.54. The highest BCUT2D eigenvalue weighted by atomic mass is 35.5. The number of hydrogen-bond acceptors (Lipinski definition) is 5. The minimum atomic E-state index is 0.326. The van der Waals surface area contributed by atoms with E-state index in [1.807, 2.05) is 0 Å². The van der Waals surface area contributed by atoms with Crippen molar-refractivity contribution in [2.45, 2.75) is 6.61 Å². The number of benzene rings is 1. The average molecular weight is 280 g/mol. The van der Waals surface area contributed by atoms with E-state index < -0.39 is 0 Å². The molecule has 100 valence electrons. The summed E-state index contributed by atoms with van der Waals surface area (Å²) in [5.74, 6) is 2.34. The van der Waals surface area contributed by atoms with E-state index in [0.29, 0.717) is 34.9 Å². The Hall–Kier alpha value is -1.85. The van der Waals surface area contributed by atoms with Gasteiger partial charge in [0.15, 0.2) is 5.82 Å². The largest absolute Gasteiger partial charge is 0.439 e. The Morgan fingerprint density at radius 3 is 2.58 bits per heavy atom. The van der Waals surface area contributed by atoms with Crippen molar-refractivity contribution in [3.8, 4) is 11.6 Å². The van der Waals surface area contributed by atoms with Crippen molar-refractivity contribution in [3.05, 3.63) is 41.2 Å². The molecule has 0 spiro atoms. The summed E-state index contributed by atoms with van der Waals surface area (Å²) >= 11 is 5.82. The lowest BCUT2D eigenvalue weighted by atomic mass is 10.3. The smallest absolute Gasteiger partial charge is 0.224 e. The molecule has 6 heteroatoms. The van der Waals surface area contributed by atoms with Gasteiger partial charge in [-0.3, -0.25) is 0 Å². The third-order valence-electron chi connectivity index (χ3n) is 2.31. The van der Waals surface area contributed by atoms with Crippen molar-refractivity contribution in [3.63, 3.8) is 0 Å². The van der Waals surface area contributed by atoms with E-state index in [1.165, 1.54) is 0 Å². The zero-order valence-corrected chi connectivity index (χ0v) is 11.4. The Bertz CT molecular complexity index is 546. The van der Waals surface area contributed by atoms with Crippen LogP contribution in [0.2, 0.25) is 5.02 Å². The number of aromatic nitrogens is 2. The van der Waals surface area contributed by atoms with Crippen LogP contribution in [0.3, 0.4) is 0 Å². The Balaban J connectivity index is 2.23. The molecular weight excluding hydrogens is 266 g/mol. The third-order valence-corrected chi connectivity index (χ3v) is 2.57. The van der Waals surface area contributed by atoms with E-state index in [4.69, 9.17) is 21.1 Å². The van der Waals surface area contributed by atoms with Gasteiger partial charge in [-0.05, 0) is 24.3 Å². The monoisotopic (exact) mass is 279 g/mol. The number of ether oxygens (including phenoxy) is 2. The molecule has 0 unspecified atom stereocenters. The quantitative estimate of drug-likeness (QED) is 0.911. The molecule has 2 rings (SSSR count). The van der Waals surface area contributed by atoms with Gasteiger partial charge >= 0.3 is 0 Å². The molecule has 19 heavy (non-hydrogen) atoms. The summed E-state index contributed by atoms with van der Waals surface area (Å²) in [7, 11) is 3.38. The Morgan fingerprint density at radius 1 is 1.21 bits per heavy atom. The van der Waals surface area contributed by atoms with Crippen LogP contribution in [0.1, 0.15) is 5.82 Å². The van der Waals surface area contributed by atoms with Gasteiger partial charge < -0.3 is 14.8 Å². The predicted octanol–water partition coefficient (Wildman–Crippen LogP) is 3.11. The number of rotatable bonds is 5. The summed E-state index contributed by atoms with van der Waals surface area (Å²) in [6.45, 7) is 0.326. The van der Waals surface area contributed by atoms with E-state index in [9.17, 15) is 0 Å². The maximum Gasteiger partial charge on any atom is 0.224 e. The first-order chi connectivity index (χ1) is 9.21. The summed E-state index contributed by atoms with van der Waals surface area (Å²) in [5.41, 5.74) is 0. The highest BCUT2D eigenvalue weighted by Crippen LogP contribution is 2.23. The summed E-state index contributed by atoms with van der Waals surface area (Å²) in [5, 5.41) is 3.61. The van der Waals surface area contributed by atoms with Gasteiger partial charge in [0.25, 0.3) is 0 Å². The highest BCUT2D eigenvalue weighted by Gasteiger charge is 2.06. The van der Waals surface area contributed by atoms with Gasteiger partial charge in [0.2, 0.25) is 5.88 Å². The molecule has 0 atom stereocenters. The first-order valence-corrected chi connectivity index (χ1v) is 6.07. The Labute approximate surface area is 116 Å². The second-order valence-corrected chi connectivity index (χ2v) is 4.18. The van der Waals surface area contributed by atoms with Crippen molar-refractivity contribution in [1.29, 1.82) is 0 Å². The van der Waals surface area contributed by atoms with Crippen LogP contribution in [0, 0.1) is 0 Å². The normalized spacial score (nSPS) is 10.3. The van der Waals surface area contributed by atoms with Crippen LogP contribution in [0.4, 0.5) is 5.82 Å². The second-order valence-electron chi connectivity index (χ2n) is 3.75. The van der Waals surface area contributed by atoms with Gasteiger partial charge in [0.05, 0.1) is 0 Å². The zero-order chi connectivity index (χ0) is 13.7. The van der Waals surface area contributed by atoms with Crippen LogP contribution in [0.15, 0.2) is 30.3 Å². The van der Waals surface area contributed by atoms with Crippen molar-refractivity contribution < 1.29 is 9.47 Å². The standard InChI is InChI=1S/C13H14ClN3O2/c1-15-11-7-13(17-12(16-11)8-18-2)19-10-5-3-9(14)4-6-10/h3-7H,8H2,1-2H3,(H,15,16,17). The second kappa shape index (κ2) is 6.36. The molecule has 0 aliphatic rings. The molecule has 0 aliphatic heterocycles. The van der Waals surface area contributed by atoms with E-state index >= 15 is 0 Å². The topological polar surface area (TPSA) is 56.3 Å². The molecular formula is C13H14ClN3O2. The molecule has 0 fully saturated rings. The fraction of sp³-hybridized carbons (Fsp3) is 0.231. The Morgan fingerprint density at radius 2 is 1.95 bits per heavy atom. The number of anilines is 1. The van der Waals surface area contributed by atoms with Crippen molar-refractivity contribution in [1.82, 2.24) is 9.97 Å². The van der Waals surface area contributed by atoms with Gasteiger partial charge in [-0.2, -0.15) is 4.98 Å². The molecule has 1 N–H and O–H groups in total. The van der Waals surface area contributed by atoms with Crippen molar-refractivity contribution >= 4 is 17.4 Å². The molecule has 0 aliphatic carbocycles. The van der Waals surface area contributed by atoms with Gasteiger partial charge in [-0.1, -0.05) is 11.6 Å². The first kappa shape index (κ1) is 13.6. The zero-order valence-electron chi connectivity index (χ0n) is 10.7. The number of hydrogen-bond donors (Lipinski definition) is 1. The van der Waals surface area contributed by atoms with E-state index in [1.54, 1.807) is 44.5 Å². The maximum atomic E-state index is 5.82. The van der Waals surface area contributed by atoms with Gasteiger partial charge in [-0.15, -0.1) is 0 Å². The fourth-order valence-electron chi connectivity index (χ4n) is 1.47. The van der Waals surface area contributed by atoms with Gasteiger partial charge in [-0.25, -0.2) is 4.98 Å². The molecule has 5 nitrogen and oxygen atoms in total. The maximum absolute atomic E-state index is 5.82. The SMILES string of the molecule is CNc1cc(Oc2ccc(Cl)cc2)nc(COC)n1. The molecule has 0 bridgehead atoms. The van der Waals surface area contributed by atoms with Crippen LogP contribution in [0.25, 0.3) is 0 Å². The summed E-state index contributed by atoms with van der Waals surface area (Å²) < 4.78 is 10.7. The lowest BCUT2D eigenvalue weighted by Crippen LogP contribution is -2.02. The molecule has 1 heterocycles. The minimum absolute atomic E-state index is 0.326. The molecule has 1 aromatic carbocycles. The molecule has 0 radical (unpaired) electrons. The van der Waals surface area contributed by atoms with Gasteiger partial charge in [0, 0.05) is 25.2 Å². The molecule has 0 amide bonds. The minimum Gasteiger partial charge on any atom is -0.439 e. The van der Waals surface area contributed by atoms with Crippen LogP contribution >= 0.6 is 11.6 Å². The predicted molar refractivity (Wildman–Crippen MR) is 73.8 cm³/mol. The van der Waals surface area contributed by atoms with Crippen molar-refractivity contribution in [2.75, 3.05) is 19.5 Å². The number of nitrogens with zero attached hydrogens (tertiary/aromatic N) is 2. The first-order valence-electron chi connectivity index (χ1n) is 5.69. The number of nitrogens with one attached hydrogen (secondary N) is 1. The van der Waals surface area contributed by atoms with Crippen LogP contribution in [-0.4, -0.2) is 24.1 Å². The van der Waals surface area contributed by atoms with E-state index in [2.05, 4.69) is 15.3 Å². The van der Waals surface area contributed by atoms with Crippen molar-refractivity contribution in [2.24, 2.45) is 0 Å².